The second kappa shape index (κ2) is 4.97. The van der Waals surface area contributed by atoms with Crippen molar-refractivity contribution in [3.63, 3.8) is 0 Å². The largest absolute Gasteiger partial charge is 0.391 e. The van der Waals surface area contributed by atoms with Gasteiger partial charge in [0.05, 0.1) is 17.7 Å². The van der Waals surface area contributed by atoms with Gasteiger partial charge in [0, 0.05) is 4.47 Å². The van der Waals surface area contributed by atoms with Crippen LogP contribution >= 0.6 is 15.9 Å². The summed E-state index contributed by atoms with van der Waals surface area (Å²) < 4.78 is 0.778. The van der Waals surface area contributed by atoms with Gasteiger partial charge < -0.3 is 10.4 Å². The minimum absolute atomic E-state index is 0.0976. The minimum Gasteiger partial charge on any atom is -0.391 e. The molecular weight excluding hydrogens is 270 g/mol. The lowest BCUT2D eigenvalue weighted by molar-refractivity contribution is 0.0872. The van der Waals surface area contributed by atoms with E-state index in [-0.39, 0.29) is 11.9 Å². The van der Waals surface area contributed by atoms with Gasteiger partial charge in [-0.3, -0.25) is 4.79 Å². The topological polar surface area (TPSA) is 49.3 Å². The second-order valence-corrected chi connectivity index (χ2v) is 4.91. The van der Waals surface area contributed by atoms with Crippen molar-refractivity contribution in [2.24, 2.45) is 0 Å². The SMILES string of the molecule is O=C(NC1CCCC1O)c1ccccc1Br. The molecule has 86 valence electrons. The minimum atomic E-state index is -0.397. The Labute approximate surface area is 103 Å². The Morgan fingerprint density at radius 3 is 2.75 bits per heavy atom. The van der Waals surface area contributed by atoms with Gasteiger partial charge in [-0.15, -0.1) is 0 Å². The van der Waals surface area contributed by atoms with E-state index in [4.69, 9.17) is 0 Å². The molecule has 2 atom stereocenters. The number of rotatable bonds is 2. The Morgan fingerprint density at radius 1 is 1.38 bits per heavy atom. The van der Waals surface area contributed by atoms with Gasteiger partial charge in [-0.2, -0.15) is 0 Å². The van der Waals surface area contributed by atoms with Crippen molar-refractivity contribution in [2.75, 3.05) is 0 Å². The zero-order valence-electron chi connectivity index (χ0n) is 8.82. The third kappa shape index (κ3) is 2.44. The first-order chi connectivity index (χ1) is 7.68. The van der Waals surface area contributed by atoms with Gasteiger partial charge in [0.25, 0.3) is 5.91 Å². The lowest BCUT2D eigenvalue weighted by atomic mass is 10.1. The van der Waals surface area contributed by atoms with Crippen molar-refractivity contribution < 1.29 is 9.90 Å². The normalized spacial score (nSPS) is 24.4. The summed E-state index contributed by atoms with van der Waals surface area (Å²) in [6, 6.07) is 7.19. The summed E-state index contributed by atoms with van der Waals surface area (Å²) in [5.41, 5.74) is 0.613. The number of nitrogens with one attached hydrogen (secondary N) is 1. The maximum Gasteiger partial charge on any atom is 0.252 e. The first kappa shape index (κ1) is 11.6. The van der Waals surface area contributed by atoms with E-state index >= 15 is 0 Å². The summed E-state index contributed by atoms with van der Waals surface area (Å²) in [5.74, 6) is -0.126. The number of carbonyl (C=O) groups is 1. The van der Waals surface area contributed by atoms with E-state index in [1.807, 2.05) is 18.2 Å². The van der Waals surface area contributed by atoms with Crippen molar-refractivity contribution in [3.8, 4) is 0 Å². The Hall–Kier alpha value is -0.870. The van der Waals surface area contributed by atoms with Crippen LogP contribution in [-0.4, -0.2) is 23.2 Å². The van der Waals surface area contributed by atoms with Gasteiger partial charge in [-0.05, 0) is 47.3 Å². The average Bonchev–Trinajstić information content (AvgIpc) is 2.65. The molecule has 0 radical (unpaired) electrons. The molecule has 4 heteroatoms. The number of amides is 1. The van der Waals surface area contributed by atoms with Crippen molar-refractivity contribution in [1.82, 2.24) is 5.32 Å². The number of hydrogen-bond acceptors (Lipinski definition) is 2. The molecule has 2 unspecified atom stereocenters. The summed E-state index contributed by atoms with van der Waals surface area (Å²) in [6.45, 7) is 0. The van der Waals surface area contributed by atoms with E-state index in [0.717, 1.165) is 23.7 Å². The van der Waals surface area contributed by atoms with Crippen LogP contribution in [0.3, 0.4) is 0 Å². The average molecular weight is 284 g/mol. The fourth-order valence-corrected chi connectivity index (χ4v) is 2.47. The lowest BCUT2D eigenvalue weighted by Crippen LogP contribution is -2.39. The molecule has 0 aliphatic heterocycles. The van der Waals surface area contributed by atoms with Crippen LogP contribution in [-0.2, 0) is 0 Å². The van der Waals surface area contributed by atoms with Gasteiger partial charge in [0.1, 0.15) is 0 Å². The zero-order chi connectivity index (χ0) is 11.5. The molecule has 16 heavy (non-hydrogen) atoms. The second-order valence-electron chi connectivity index (χ2n) is 4.06. The van der Waals surface area contributed by atoms with Crippen molar-refractivity contribution >= 4 is 21.8 Å². The van der Waals surface area contributed by atoms with Crippen LogP contribution in [0.25, 0.3) is 0 Å². The Balaban J connectivity index is 2.06. The van der Waals surface area contributed by atoms with Crippen LogP contribution in [0, 0.1) is 0 Å². The standard InChI is InChI=1S/C12H14BrNO2/c13-9-5-2-1-4-8(9)12(16)14-10-6-3-7-11(10)15/h1-2,4-5,10-11,15H,3,6-7H2,(H,14,16). The predicted molar refractivity (Wildman–Crippen MR) is 65.3 cm³/mol. The van der Waals surface area contributed by atoms with Crippen molar-refractivity contribution in [2.45, 2.75) is 31.4 Å². The molecule has 2 rings (SSSR count). The maximum atomic E-state index is 11.9. The molecule has 1 aromatic carbocycles. The van der Waals surface area contributed by atoms with Gasteiger partial charge in [0.2, 0.25) is 0 Å². The molecule has 1 fully saturated rings. The molecule has 1 saturated carbocycles. The molecule has 0 bridgehead atoms. The Bertz CT molecular complexity index is 394. The van der Waals surface area contributed by atoms with E-state index < -0.39 is 6.10 Å². The number of aliphatic hydroxyl groups is 1. The number of benzene rings is 1. The van der Waals surface area contributed by atoms with Gasteiger partial charge >= 0.3 is 0 Å². The van der Waals surface area contributed by atoms with Crippen LogP contribution in [0.4, 0.5) is 0 Å². The number of halogens is 1. The lowest BCUT2D eigenvalue weighted by Gasteiger charge is -2.16. The third-order valence-corrected chi connectivity index (χ3v) is 3.61. The van der Waals surface area contributed by atoms with Gasteiger partial charge in [0.15, 0.2) is 0 Å². The van der Waals surface area contributed by atoms with Crippen LogP contribution in [0.15, 0.2) is 28.7 Å². The van der Waals surface area contributed by atoms with E-state index in [9.17, 15) is 9.90 Å². The predicted octanol–water partition coefficient (Wildman–Crippen LogP) is 2.09. The summed E-state index contributed by atoms with van der Waals surface area (Å²) in [6.07, 6.45) is 2.21. The monoisotopic (exact) mass is 283 g/mol. The quantitative estimate of drug-likeness (QED) is 0.873. The highest BCUT2D eigenvalue weighted by Crippen LogP contribution is 2.21. The van der Waals surface area contributed by atoms with Crippen LogP contribution in [0.5, 0.6) is 0 Å². The van der Waals surface area contributed by atoms with E-state index in [0.29, 0.717) is 5.56 Å². The summed E-state index contributed by atoms with van der Waals surface area (Å²) in [5, 5.41) is 12.5. The highest BCUT2D eigenvalue weighted by molar-refractivity contribution is 9.10. The molecular formula is C12H14BrNO2. The highest BCUT2D eigenvalue weighted by Gasteiger charge is 2.27. The zero-order valence-corrected chi connectivity index (χ0v) is 10.4. The summed E-state index contributed by atoms with van der Waals surface area (Å²) in [7, 11) is 0. The Morgan fingerprint density at radius 2 is 2.12 bits per heavy atom. The summed E-state index contributed by atoms with van der Waals surface area (Å²) >= 11 is 3.34. The fourth-order valence-electron chi connectivity index (χ4n) is 2.00. The van der Waals surface area contributed by atoms with Crippen LogP contribution in [0.2, 0.25) is 0 Å². The molecule has 1 aromatic rings. The van der Waals surface area contributed by atoms with E-state index in [2.05, 4.69) is 21.2 Å². The summed E-state index contributed by atoms with van der Waals surface area (Å²) in [4.78, 5) is 11.9. The first-order valence-electron chi connectivity index (χ1n) is 5.42. The number of carbonyl (C=O) groups excluding carboxylic acids is 1. The third-order valence-electron chi connectivity index (χ3n) is 2.91. The van der Waals surface area contributed by atoms with Crippen molar-refractivity contribution in [3.05, 3.63) is 34.3 Å². The van der Waals surface area contributed by atoms with Crippen molar-refractivity contribution in [1.29, 1.82) is 0 Å². The molecule has 0 aromatic heterocycles. The highest BCUT2D eigenvalue weighted by atomic mass is 79.9. The van der Waals surface area contributed by atoms with Gasteiger partial charge in [-0.1, -0.05) is 12.1 Å². The first-order valence-corrected chi connectivity index (χ1v) is 6.21. The molecule has 0 spiro atoms. The Kier molecular flexibility index (Phi) is 3.61. The smallest absolute Gasteiger partial charge is 0.252 e. The molecule has 1 aliphatic carbocycles. The van der Waals surface area contributed by atoms with E-state index in [1.54, 1.807) is 6.07 Å². The molecule has 1 aliphatic rings. The van der Waals surface area contributed by atoms with Crippen LogP contribution in [0.1, 0.15) is 29.6 Å². The maximum absolute atomic E-state index is 11.9. The molecule has 0 saturated heterocycles. The van der Waals surface area contributed by atoms with Gasteiger partial charge in [-0.25, -0.2) is 0 Å². The molecule has 2 N–H and O–H groups in total. The van der Waals surface area contributed by atoms with Crippen LogP contribution < -0.4 is 5.32 Å². The fraction of sp³-hybridized carbons (Fsp3) is 0.417. The molecule has 0 heterocycles. The molecule has 1 amide bonds. The number of hydrogen-bond donors (Lipinski definition) is 2. The van der Waals surface area contributed by atoms with E-state index in [1.165, 1.54) is 0 Å². The number of aliphatic hydroxyl groups excluding tert-OH is 1. The molecule has 3 nitrogen and oxygen atoms in total.